The maximum atomic E-state index is 12.7. The van der Waals surface area contributed by atoms with Crippen molar-refractivity contribution in [1.82, 2.24) is 33.8 Å². The third-order valence-corrected chi connectivity index (χ3v) is 5.71. The van der Waals surface area contributed by atoms with E-state index in [4.69, 9.17) is 10.3 Å². The number of primary amides is 1. The van der Waals surface area contributed by atoms with Crippen molar-refractivity contribution in [2.75, 3.05) is 0 Å². The quantitative estimate of drug-likeness (QED) is 0.354. The highest BCUT2D eigenvalue weighted by molar-refractivity contribution is 5.81. The van der Waals surface area contributed by atoms with Gasteiger partial charge in [-0.2, -0.15) is 13.2 Å². The van der Waals surface area contributed by atoms with Crippen molar-refractivity contribution in [3.8, 4) is 11.3 Å². The van der Waals surface area contributed by atoms with E-state index in [1.165, 1.54) is 41.0 Å². The number of fused-ring (bicyclic) bond motifs is 1. The summed E-state index contributed by atoms with van der Waals surface area (Å²) in [6.45, 7) is 1.50. The van der Waals surface area contributed by atoms with Crippen LogP contribution in [0.2, 0.25) is 0 Å². The van der Waals surface area contributed by atoms with Crippen molar-refractivity contribution in [3.63, 3.8) is 0 Å². The van der Waals surface area contributed by atoms with Crippen LogP contribution < -0.4 is 17.0 Å². The Hall–Kier alpha value is -5.08. The van der Waals surface area contributed by atoms with Crippen LogP contribution in [0.25, 0.3) is 22.4 Å². The molecule has 0 saturated heterocycles. The first kappa shape index (κ1) is 27.0. The number of aryl methyl sites for hydroxylation is 1. The molecule has 202 valence electrons. The number of carbonyl (C=O) groups excluding carboxylic acids is 1. The predicted octanol–water partition coefficient (Wildman–Crippen LogP) is 2.14. The molecule has 0 aliphatic rings. The molecule has 5 rings (SSSR count). The number of rotatable bonds is 5. The fourth-order valence-electron chi connectivity index (χ4n) is 3.59. The van der Waals surface area contributed by atoms with Gasteiger partial charge >= 0.3 is 11.9 Å². The van der Waals surface area contributed by atoms with Gasteiger partial charge in [0.2, 0.25) is 5.91 Å². The van der Waals surface area contributed by atoms with E-state index >= 15 is 0 Å². The van der Waals surface area contributed by atoms with E-state index in [0.717, 1.165) is 10.6 Å². The summed E-state index contributed by atoms with van der Waals surface area (Å²) >= 11 is 0. The molecule has 1 amide bonds. The smallest absolute Gasteiger partial charge is 0.368 e. The minimum atomic E-state index is -4.40. The molecule has 0 aliphatic heterocycles. The van der Waals surface area contributed by atoms with Gasteiger partial charge in [-0.3, -0.25) is 28.7 Å². The monoisotopic (exact) mass is 542 g/mol. The lowest BCUT2D eigenvalue weighted by Crippen LogP contribution is -2.40. The van der Waals surface area contributed by atoms with Crippen LogP contribution in [-0.2, 0) is 24.6 Å². The molecule has 0 radical (unpaired) electrons. The van der Waals surface area contributed by atoms with Crippen LogP contribution in [0.1, 0.15) is 24.4 Å². The van der Waals surface area contributed by atoms with Crippen molar-refractivity contribution in [2.24, 2.45) is 12.8 Å². The van der Waals surface area contributed by atoms with Crippen LogP contribution in [-0.4, -0.2) is 39.7 Å². The molecule has 12 nitrogen and oxygen atoms in total. The van der Waals surface area contributed by atoms with Gasteiger partial charge in [0.25, 0.3) is 5.56 Å². The zero-order valence-electron chi connectivity index (χ0n) is 20.5. The minimum absolute atomic E-state index is 0.0475. The van der Waals surface area contributed by atoms with E-state index in [-0.39, 0.29) is 17.7 Å². The molecule has 0 saturated carbocycles. The molecule has 5 aromatic heterocycles. The van der Waals surface area contributed by atoms with E-state index < -0.39 is 35.1 Å². The Morgan fingerprint density at radius 1 is 1.10 bits per heavy atom. The second kappa shape index (κ2) is 10.7. The molecule has 5 heterocycles. The zero-order chi connectivity index (χ0) is 28.3. The Morgan fingerprint density at radius 3 is 2.44 bits per heavy atom. The average Bonchev–Trinajstić information content (AvgIpc) is 3.60. The van der Waals surface area contributed by atoms with E-state index in [9.17, 15) is 27.6 Å². The minimum Gasteiger partial charge on any atom is -0.368 e. The Balaban J connectivity index is 0.000000193. The normalized spacial score (nSPS) is 12.1. The second-order valence-corrected chi connectivity index (χ2v) is 8.27. The van der Waals surface area contributed by atoms with Gasteiger partial charge in [0.05, 0.1) is 18.6 Å². The number of nitrogens with two attached hydrogens (primary N) is 1. The van der Waals surface area contributed by atoms with Crippen LogP contribution in [0.3, 0.4) is 0 Å². The number of halogens is 3. The Labute approximate surface area is 217 Å². The van der Waals surface area contributed by atoms with Crippen LogP contribution in [0, 0.1) is 0 Å². The van der Waals surface area contributed by atoms with Crippen LogP contribution in [0.15, 0.2) is 75.5 Å². The van der Waals surface area contributed by atoms with Crippen molar-refractivity contribution in [3.05, 3.63) is 93.6 Å². The zero-order valence-corrected chi connectivity index (χ0v) is 20.5. The van der Waals surface area contributed by atoms with Gasteiger partial charge in [-0.05, 0) is 31.2 Å². The van der Waals surface area contributed by atoms with E-state index in [0.29, 0.717) is 17.0 Å². The summed E-state index contributed by atoms with van der Waals surface area (Å²) in [5.41, 5.74) is 5.19. The van der Waals surface area contributed by atoms with Gasteiger partial charge in [-0.1, -0.05) is 11.2 Å². The molecule has 15 heteroatoms. The fourth-order valence-corrected chi connectivity index (χ4v) is 3.59. The summed E-state index contributed by atoms with van der Waals surface area (Å²) in [4.78, 5) is 47.9. The largest absolute Gasteiger partial charge is 0.433 e. The summed E-state index contributed by atoms with van der Waals surface area (Å²) in [6, 6.07) is 8.30. The number of aromatic nitrogens is 7. The van der Waals surface area contributed by atoms with E-state index in [1.807, 2.05) is 0 Å². The lowest BCUT2D eigenvalue weighted by atomic mass is 10.2. The molecule has 39 heavy (non-hydrogen) atoms. The van der Waals surface area contributed by atoms with Crippen molar-refractivity contribution >= 4 is 17.1 Å². The Kier molecular flexibility index (Phi) is 7.42. The van der Waals surface area contributed by atoms with Crippen LogP contribution >= 0.6 is 0 Å². The first-order valence-corrected chi connectivity index (χ1v) is 11.3. The highest BCUT2D eigenvalue weighted by Crippen LogP contribution is 2.28. The number of imidazole rings is 1. The van der Waals surface area contributed by atoms with Crippen LogP contribution in [0.4, 0.5) is 13.2 Å². The van der Waals surface area contributed by atoms with E-state index in [2.05, 4.69) is 20.1 Å². The third kappa shape index (κ3) is 5.61. The molecular formula is C24H21F3N8O4. The molecule has 0 unspecified atom stereocenters. The second-order valence-electron chi connectivity index (χ2n) is 8.27. The van der Waals surface area contributed by atoms with Crippen molar-refractivity contribution in [2.45, 2.75) is 25.7 Å². The van der Waals surface area contributed by atoms with Gasteiger partial charge in [-0.25, -0.2) is 9.78 Å². The topological polar surface area (TPSA) is 157 Å². The average molecular weight is 542 g/mol. The highest BCUT2D eigenvalue weighted by atomic mass is 19.4. The number of pyridine rings is 2. The summed E-state index contributed by atoms with van der Waals surface area (Å²) in [5.74, 6) is -0.611. The van der Waals surface area contributed by atoms with Crippen molar-refractivity contribution in [1.29, 1.82) is 0 Å². The summed E-state index contributed by atoms with van der Waals surface area (Å²) < 4.78 is 45.0. The predicted molar refractivity (Wildman–Crippen MR) is 131 cm³/mol. The van der Waals surface area contributed by atoms with Crippen molar-refractivity contribution < 1.29 is 22.5 Å². The number of hydrogen-bond donors (Lipinski definition) is 1. The van der Waals surface area contributed by atoms with Gasteiger partial charge in [-0.15, -0.1) is 0 Å². The molecule has 1 atom stereocenters. The molecule has 0 aromatic carbocycles. The summed E-state index contributed by atoms with van der Waals surface area (Å²) in [6.07, 6.45) is 1.02. The standard InChI is InChI=1S/C13H14N6O4.C11H7F3N2/c1-7(10(14)20)19-6-15-11-9(19)12(21)18(13(22)17(11)2)5-8-3-4-23-16-8;12-11(13,14)10-5-4-8(7-16-10)9-3-1-2-6-15-9/h3-4,6-7H,5H2,1-2H3,(H2,14,20);1-7H/t7-;/m0./s1. The Bertz CT molecular complexity index is 1710. The number of hydrogen-bond acceptors (Lipinski definition) is 8. The van der Waals surface area contributed by atoms with Crippen LogP contribution in [0.5, 0.6) is 0 Å². The van der Waals surface area contributed by atoms with Gasteiger partial charge in [0, 0.05) is 31.1 Å². The molecule has 0 bridgehead atoms. The van der Waals surface area contributed by atoms with Gasteiger partial charge in [0.1, 0.15) is 23.7 Å². The Morgan fingerprint density at radius 2 is 1.87 bits per heavy atom. The first-order chi connectivity index (χ1) is 18.5. The third-order valence-electron chi connectivity index (χ3n) is 5.71. The number of carbonyl (C=O) groups is 1. The molecule has 0 spiro atoms. The number of alkyl halides is 3. The number of nitrogens with zero attached hydrogens (tertiary/aromatic N) is 7. The number of amides is 1. The molecule has 5 aromatic rings. The van der Waals surface area contributed by atoms with Gasteiger partial charge < -0.3 is 14.8 Å². The summed E-state index contributed by atoms with van der Waals surface area (Å²) in [7, 11) is 1.50. The molecule has 0 fully saturated rings. The molecule has 2 N–H and O–H groups in total. The highest BCUT2D eigenvalue weighted by Gasteiger charge is 2.32. The molecular weight excluding hydrogens is 521 g/mol. The fraction of sp³-hybridized carbons (Fsp3) is 0.208. The molecule has 0 aliphatic carbocycles. The maximum Gasteiger partial charge on any atom is 0.433 e. The SMILES string of the molecule is C[C@@H](C(N)=O)n1cnc2c1c(=O)n(Cc1ccon1)c(=O)n2C.FC(F)(F)c1ccc(-c2ccccn2)cn1. The summed E-state index contributed by atoms with van der Waals surface area (Å²) in [5, 5.41) is 3.70. The lowest BCUT2D eigenvalue weighted by Gasteiger charge is -2.11. The van der Waals surface area contributed by atoms with Gasteiger partial charge in [0.15, 0.2) is 11.2 Å². The van der Waals surface area contributed by atoms with E-state index in [1.54, 1.807) is 37.4 Å². The maximum absolute atomic E-state index is 12.7. The lowest BCUT2D eigenvalue weighted by molar-refractivity contribution is -0.141. The first-order valence-electron chi connectivity index (χ1n) is 11.3.